The fraction of sp³-hybridized carbons (Fsp3) is 0.500. The fourth-order valence-electron chi connectivity index (χ4n) is 3.38. The molecule has 2 aliphatic carbocycles. The first kappa shape index (κ1) is 12.9. The van der Waals surface area contributed by atoms with Crippen LogP contribution in [0.1, 0.15) is 25.7 Å². The maximum atomic E-state index is 12.3. The van der Waals surface area contributed by atoms with Crippen LogP contribution < -0.4 is 5.32 Å². The molecule has 0 radical (unpaired) electrons. The van der Waals surface area contributed by atoms with Crippen LogP contribution in [-0.4, -0.2) is 5.91 Å². The Balaban J connectivity index is 1.71. The van der Waals surface area contributed by atoms with E-state index in [0.717, 1.165) is 26.1 Å². The summed E-state index contributed by atoms with van der Waals surface area (Å²) in [5.74, 6) is 1.91. The molecule has 96 valence electrons. The Morgan fingerprint density at radius 2 is 2.17 bits per heavy atom. The van der Waals surface area contributed by atoms with E-state index < -0.39 is 0 Å². The summed E-state index contributed by atoms with van der Waals surface area (Å²) >= 11 is 5.77. The third-order valence-corrected chi connectivity index (χ3v) is 5.59. The maximum absolute atomic E-state index is 12.3. The zero-order valence-electron chi connectivity index (χ0n) is 9.96. The highest BCUT2D eigenvalue weighted by molar-refractivity contribution is 14.1. The third kappa shape index (κ3) is 2.46. The summed E-state index contributed by atoms with van der Waals surface area (Å²) in [5.41, 5.74) is 0.892. The van der Waals surface area contributed by atoms with E-state index in [1.807, 2.05) is 18.2 Å². The monoisotopic (exact) mass is 419 g/mol. The molecule has 3 unspecified atom stereocenters. The molecule has 2 aliphatic rings. The lowest BCUT2D eigenvalue weighted by Crippen LogP contribution is -2.27. The molecular weight excluding hydrogens is 405 g/mol. The van der Waals surface area contributed by atoms with Gasteiger partial charge in [-0.3, -0.25) is 4.79 Å². The number of carbonyl (C=O) groups is 1. The van der Waals surface area contributed by atoms with E-state index in [9.17, 15) is 4.79 Å². The molecule has 1 amide bonds. The van der Waals surface area contributed by atoms with Crippen molar-refractivity contribution in [1.82, 2.24) is 0 Å². The first-order valence-corrected chi connectivity index (χ1v) is 8.26. The number of hydrogen-bond donors (Lipinski definition) is 1. The van der Waals surface area contributed by atoms with E-state index in [2.05, 4.69) is 43.8 Å². The van der Waals surface area contributed by atoms with E-state index in [0.29, 0.717) is 5.92 Å². The van der Waals surface area contributed by atoms with Crippen LogP contribution in [-0.2, 0) is 4.79 Å². The second-order valence-electron chi connectivity index (χ2n) is 5.39. The summed E-state index contributed by atoms with van der Waals surface area (Å²) in [4.78, 5) is 12.3. The minimum Gasteiger partial charge on any atom is -0.325 e. The fourth-order valence-corrected chi connectivity index (χ4v) is 4.78. The molecule has 0 aromatic heterocycles. The predicted octanol–water partition coefficient (Wildman–Crippen LogP) is 4.43. The van der Waals surface area contributed by atoms with Crippen molar-refractivity contribution in [3.8, 4) is 0 Å². The quantitative estimate of drug-likeness (QED) is 0.706. The molecule has 1 aromatic carbocycles. The van der Waals surface area contributed by atoms with E-state index in [1.54, 1.807) is 0 Å². The third-order valence-electron chi connectivity index (χ3n) is 4.26. The summed E-state index contributed by atoms with van der Waals surface area (Å²) in [6, 6.07) is 6.01. The number of benzene rings is 1. The Bertz CT molecular complexity index is 491. The van der Waals surface area contributed by atoms with E-state index in [4.69, 9.17) is 0 Å². The van der Waals surface area contributed by atoms with Crippen molar-refractivity contribution in [3.63, 3.8) is 0 Å². The molecule has 1 aromatic rings. The second-order valence-corrected chi connectivity index (χ2v) is 7.49. The highest BCUT2D eigenvalue weighted by atomic mass is 127. The summed E-state index contributed by atoms with van der Waals surface area (Å²) in [5, 5.41) is 3.08. The number of halogens is 2. The summed E-state index contributed by atoms with van der Waals surface area (Å²) in [6.07, 6.45) is 4.95. The molecule has 1 N–H and O–H groups in total. The van der Waals surface area contributed by atoms with Crippen molar-refractivity contribution in [1.29, 1.82) is 0 Å². The second kappa shape index (κ2) is 5.12. The van der Waals surface area contributed by atoms with E-state index in [1.165, 1.54) is 19.3 Å². The van der Waals surface area contributed by atoms with Crippen molar-refractivity contribution in [2.45, 2.75) is 25.7 Å². The number of carbonyl (C=O) groups excluding carboxylic acids is 1. The lowest BCUT2D eigenvalue weighted by molar-refractivity contribution is -0.121. The summed E-state index contributed by atoms with van der Waals surface area (Å²) in [6.45, 7) is 0. The molecule has 3 rings (SSSR count). The highest BCUT2D eigenvalue weighted by Crippen LogP contribution is 2.48. The van der Waals surface area contributed by atoms with Gasteiger partial charge in [0, 0.05) is 14.0 Å². The van der Waals surface area contributed by atoms with Gasteiger partial charge >= 0.3 is 0 Å². The standard InChI is InChI=1S/C14H15BrINO/c15-12-7-10(16)3-4-13(12)17-14(18)11-6-8-1-2-9(11)5-8/h3-4,7-9,11H,1-2,5-6H2,(H,17,18). The van der Waals surface area contributed by atoms with Gasteiger partial charge < -0.3 is 5.32 Å². The largest absolute Gasteiger partial charge is 0.325 e. The zero-order valence-corrected chi connectivity index (χ0v) is 13.7. The Morgan fingerprint density at radius 3 is 2.78 bits per heavy atom. The highest BCUT2D eigenvalue weighted by Gasteiger charge is 2.43. The average Bonchev–Trinajstić information content (AvgIpc) is 2.94. The minimum atomic E-state index is 0.212. The Kier molecular flexibility index (Phi) is 3.67. The van der Waals surface area contributed by atoms with Gasteiger partial charge in [0.25, 0.3) is 0 Å². The molecule has 0 spiro atoms. The number of anilines is 1. The van der Waals surface area contributed by atoms with Crippen LogP contribution in [0.5, 0.6) is 0 Å². The van der Waals surface area contributed by atoms with Gasteiger partial charge in [-0.25, -0.2) is 0 Å². The van der Waals surface area contributed by atoms with Crippen molar-refractivity contribution in [2.75, 3.05) is 5.32 Å². The summed E-state index contributed by atoms with van der Waals surface area (Å²) in [7, 11) is 0. The first-order valence-electron chi connectivity index (χ1n) is 6.39. The smallest absolute Gasteiger partial charge is 0.227 e. The lowest BCUT2D eigenvalue weighted by atomic mass is 9.88. The number of hydrogen-bond acceptors (Lipinski definition) is 1. The first-order chi connectivity index (χ1) is 8.63. The average molecular weight is 420 g/mol. The maximum Gasteiger partial charge on any atom is 0.227 e. The van der Waals surface area contributed by atoms with Crippen LogP contribution >= 0.6 is 38.5 Å². The number of amides is 1. The molecule has 2 fully saturated rings. The van der Waals surface area contributed by atoms with Gasteiger partial charge in [0.1, 0.15) is 0 Å². The van der Waals surface area contributed by atoms with Crippen LogP contribution in [0.15, 0.2) is 22.7 Å². The number of rotatable bonds is 2. The molecule has 2 nitrogen and oxygen atoms in total. The normalized spacial score (nSPS) is 29.6. The molecule has 0 heterocycles. The van der Waals surface area contributed by atoms with Gasteiger partial charge in [-0.05, 0) is 87.8 Å². The Labute approximate surface area is 129 Å². The minimum absolute atomic E-state index is 0.212. The Hall–Kier alpha value is -0.100. The van der Waals surface area contributed by atoms with Crippen LogP contribution in [0.3, 0.4) is 0 Å². The van der Waals surface area contributed by atoms with Gasteiger partial charge in [0.05, 0.1) is 5.69 Å². The summed E-state index contributed by atoms with van der Waals surface area (Å²) < 4.78 is 2.13. The van der Waals surface area contributed by atoms with Crippen LogP contribution in [0.25, 0.3) is 0 Å². The molecule has 3 atom stereocenters. The predicted molar refractivity (Wildman–Crippen MR) is 84.4 cm³/mol. The van der Waals surface area contributed by atoms with E-state index >= 15 is 0 Å². The van der Waals surface area contributed by atoms with Gasteiger partial charge in [-0.15, -0.1) is 0 Å². The van der Waals surface area contributed by atoms with Crippen LogP contribution in [0, 0.1) is 21.3 Å². The van der Waals surface area contributed by atoms with Crippen LogP contribution in [0.4, 0.5) is 5.69 Å². The van der Waals surface area contributed by atoms with Crippen LogP contribution in [0.2, 0.25) is 0 Å². The van der Waals surface area contributed by atoms with Crippen molar-refractivity contribution >= 4 is 50.1 Å². The van der Waals surface area contributed by atoms with Gasteiger partial charge in [0.2, 0.25) is 5.91 Å². The molecule has 0 saturated heterocycles. The van der Waals surface area contributed by atoms with Gasteiger partial charge in [-0.1, -0.05) is 6.42 Å². The number of nitrogens with one attached hydrogen (secondary N) is 1. The molecule has 4 heteroatoms. The molecule has 2 bridgehead atoms. The van der Waals surface area contributed by atoms with Gasteiger partial charge in [0.15, 0.2) is 0 Å². The SMILES string of the molecule is O=C(Nc1ccc(I)cc1Br)C1CC2CCC1C2. The molecular formula is C14H15BrINO. The van der Waals surface area contributed by atoms with Crippen molar-refractivity contribution < 1.29 is 4.79 Å². The zero-order chi connectivity index (χ0) is 12.7. The molecule has 0 aliphatic heterocycles. The van der Waals surface area contributed by atoms with Crippen molar-refractivity contribution in [2.24, 2.45) is 17.8 Å². The van der Waals surface area contributed by atoms with E-state index in [-0.39, 0.29) is 11.8 Å². The lowest BCUT2D eigenvalue weighted by Gasteiger charge is -2.21. The number of fused-ring (bicyclic) bond motifs is 2. The molecule has 18 heavy (non-hydrogen) atoms. The van der Waals surface area contributed by atoms with Gasteiger partial charge in [-0.2, -0.15) is 0 Å². The topological polar surface area (TPSA) is 29.1 Å². The van der Waals surface area contributed by atoms with Crippen molar-refractivity contribution in [3.05, 3.63) is 26.2 Å². The Morgan fingerprint density at radius 1 is 1.33 bits per heavy atom. The molecule has 2 saturated carbocycles.